The van der Waals surface area contributed by atoms with Crippen molar-refractivity contribution >= 4 is 12.1 Å². The molecule has 1 heterocycles. The summed E-state index contributed by atoms with van der Waals surface area (Å²) in [5.74, 6) is -0.145. The number of rotatable bonds is 1. The maximum atomic E-state index is 14.9. The summed E-state index contributed by atoms with van der Waals surface area (Å²) >= 11 is 0. The van der Waals surface area contributed by atoms with Gasteiger partial charge in [0.15, 0.2) is 6.29 Å². The van der Waals surface area contributed by atoms with Crippen LogP contribution in [0.3, 0.4) is 0 Å². The second-order valence-corrected chi connectivity index (χ2v) is 4.24. The average Bonchev–Trinajstić information content (AvgIpc) is 2.27. The Morgan fingerprint density at radius 2 is 2.06 bits per heavy atom. The van der Waals surface area contributed by atoms with E-state index in [2.05, 4.69) is 9.98 Å². The van der Waals surface area contributed by atoms with Crippen LogP contribution < -0.4 is 11.5 Å². The van der Waals surface area contributed by atoms with Gasteiger partial charge in [-0.1, -0.05) is 23.8 Å². The lowest BCUT2D eigenvalue weighted by molar-refractivity contribution is 0.355. The van der Waals surface area contributed by atoms with Crippen molar-refractivity contribution in [1.82, 2.24) is 0 Å². The lowest BCUT2D eigenvalue weighted by Gasteiger charge is -2.26. The Kier molecular flexibility index (Phi) is 2.71. The lowest BCUT2D eigenvalue weighted by atomic mass is 9.90. The Labute approximate surface area is 99.3 Å². The molecular weight excluding hydrogens is 219 g/mol. The van der Waals surface area contributed by atoms with E-state index in [1.165, 1.54) is 0 Å². The summed E-state index contributed by atoms with van der Waals surface area (Å²) in [7, 11) is 0. The minimum Gasteiger partial charge on any atom is -0.384 e. The lowest BCUT2D eigenvalue weighted by Crippen LogP contribution is -2.44. The highest BCUT2D eigenvalue weighted by Crippen LogP contribution is 2.30. The number of nitrogens with two attached hydrogens (primary N) is 2. The first-order valence-electron chi connectivity index (χ1n) is 5.34. The summed E-state index contributed by atoms with van der Waals surface area (Å²) in [6.45, 7) is 3.72. The van der Waals surface area contributed by atoms with Crippen LogP contribution >= 0.6 is 0 Å². The molecule has 5 heteroatoms. The minimum atomic E-state index is -1.95. The molecule has 2 unspecified atom stereocenters. The molecule has 0 saturated carbocycles. The van der Waals surface area contributed by atoms with Gasteiger partial charge in [0.1, 0.15) is 5.84 Å². The molecule has 0 aromatic heterocycles. The molecule has 4 N–H and O–H groups in total. The van der Waals surface area contributed by atoms with Gasteiger partial charge in [0, 0.05) is 5.56 Å². The topological polar surface area (TPSA) is 76.8 Å². The Bertz CT molecular complexity index is 509. The molecule has 0 spiro atoms. The van der Waals surface area contributed by atoms with Crippen LogP contribution in [0.25, 0.3) is 0 Å². The second-order valence-electron chi connectivity index (χ2n) is 4.24. The zero-order valence-corrected chi connectivity index (χ0v) is 9.81. The normalized spacial score (nSPS) is 28.0. The van der Waals surface area contributed by atoms with Crippen LogP contribution in [0.2, 0.25) is 0 Å². The van der Waals surface area contributed by atoms with E-state index < -0.39 is 12.0 Å². The fourth-order valence-corrected chi connectivity index (χ4v) is 1.85. The third-order valence-electron chi connectivity index (χ3n) is 2.83. The Morgan fingerprint density at radius 3 is 2.71 bits per heavy atom. The molecule has 1 aromatic rings. The zero-order chi connectivity index (χ0) is 12.6. The minimum absolute atomic E-state index is 0.145. The van der Waals surface area contributed by atoms with Crippen LogP contribution in [0.1, 0.15) is 16.7 Å². The van der Waals surface area contributed by atoms with Gasteiger partial charge < -0.3 is 5.73 Å². The molecule has 1 aliphatic rings. The highest BCUT2D eigenvalue weighted by Gasteiger charge is 2.38. The number of aliphatic imine (C=N–C) groups is 2. The molecular formula is C12H15FN4. The maximum absolute atomic E-state index is 14.9. The number of halogens is 1. The maximum Gasteiger partial charge on any atom is 0.227 e. The van der Waals surface area contributed by atoms with E-state index in [4.69, 9.17) is 11.5 Å². The molecule has 0 fully saturated rings. The van der Waals surface area contributed by atoms with Crippen molar-refractivity contribution in [3.63, 3.8) is 0 Å². The van der Waals surface area contributed by atoms with Gasteiger partial charge >= 0.3 is 0 Å². The van der Waals surface area contributed by atoms with E-state index in [0.29, 0.717) is 5.56 Å². The van der Waals surface area contributed by atoms with E-state index in [9.17, 15) is 4.39 Å². The Balaban J connectivity index is 2.56. The number of alkyl halides is 1. The van der Waals surface area contributed by atoms with Gasteiger partial charge in [-0.05, 0) is 19.4 Å². The SMILES string of the molecule is Cc1ccc(C)c(C2(F)C=NC(N)N=C2N)c1. The molecule has 0 amide bonds. The zero-order valence-electron chi connectivity index (χ0n) is 9.81. The molecule has 0 radical (unpaired) electrons. The largest absolute Gasteiger partial charge is 0.384 e. The molecule has 0 aliphatic carbocycles. The van der Waals surface area contributed by atoms with Gasteiger partial charge in [0.05, 0.1) is 6.21 Å². The molecule has 2 rings (SSSR count). The average molecular weight is 234 g/mol. The fourth-order valence-electron chi connectivity index (χ4n) is 1.85. The van der Waals surface area contributed by atoms with Crippen molar-refractivity contribution in [2.45, 2.75) is 25.8 Å². The van der Waals surface area contributed by atoms with Crippen molar-refractivity contribution in [3.8, 4) is 0 Å². The van der Waals surface area contributed by atoms with E-state index in [1.54, 1.807) is 6.07 Å². The molecule has 90 valence electrons. The van der Waals surface area contributed by atoms with Gasteiger partial charge in [-0.15, -0.1) is 0 Å². The first-order valence-corrected chi connectivity index (χ1v) is 5.34. The van der Waals surface area contributed by atoms with Gasteiger partial charge in [0.25, 0.3) is 0 Å². The second kappa shape index (κ2) is 3.92. The molecule has 1 aliphatic heterocycles. The molecule has 0 saturated heterocycles. The molecule has 2 atom stereocenters. The number of hydrogen-bond acceptors (Lipinski definition) is 4. The summed E-state index contributed by atoms with van der Waals surface area (Å²) in [4.78, 5) is 7.57. The van der Waals surface area contributed by atoms with Crippen LogP contribution in [0.15, 0.2) is 28.2 Å². The number of nitrogens with zero attached hydrogens (tertiary/aromatic N) is 2. The van der Waals surface area contributed by atoms with Crippen molar-refractivity contribution in [2.75, 3.05) is 0 Å². The third-order valence-corrected chi connectivity index (χ3v) is 2.83. The number of aryl methyl sites for hydroxylation is 2. The predicted molar refractivity (Wildman–Crippen MR) is 66.8 cm³/mol. The first kappa shape index (κ1) is 11.7. The third kappa shape index (κ3) is 1.93. The highest BCUT2D eigenvalue weighted by atomic mass is 19.1. The quantitative estimate of drug-likeness (QED) is 0.764. The summed E-state index contributed by atoms with van der Waals surface area (Å²) in [6, 6.07) is 5.52. The first-order chi connectivity index (χ1) is 7.93. The summed E-state index contributed by atoms with van der Waals surface area (Å²) in [6.07, 6.45) is 0.339. The van der Waals surface area contributed by atoms with Gasteiger partial charge in [-0.3, -0.25) is 10.7 Å². The summed E-state index contributed by atoms with van der Waals surface area (Å²) < 4.78 is 14.9. The monoisotopic (exact) mass is 234 g/mol. The standard InChI is InChI=1S/C12H15FN4/c1-7-3-4-8(2)9(5-7)12(13)6-16-11(15)17-10(12)14/h3-6,11H,15H2,1-2H3,(H2,14,17). The predicted octanol–water partition coefficient (Wildman–Crippen LogP) is 1.15. The van der Waals surface area contributed by atoms with Crippen LogP contribution in [-0.4, -0.2) is 18.3 Å². The smallest absolute Gasteiger partial charge is 0.227 e. The van der Waals surface area contributed by atoms with E-state index in [-0.39, 0.29) is 5.84 Å². The van der Waals surface area contributed by atoms with Crippen molar-refractivity contribution in [3.05, 3.63) is 34.9 Å². The molecule has 17 heavy (non-hydrogen) atoms. The van der Waals surface area contributed by atoms with E-state index >= 15 is 0 Å². The summed E-state index contributed by atoms with van der Waals surface area (Å²) in [5, 5.41) is 0. The van der Waals surface area contributed by atoms with Gasteiger partial charge in [-0.2, -0.15) is 0 Å². The van der Waals surface area contributed by atoms with Crippen molar-refractivity contribution in [1.29, 1.82) is 0 Å². The molecule has 1 aromatic carbocycles. The highest BCUT2D eigenvalue weighted by molar-refractivity contribution is 6.06. The van der Waals surface area contributed by atoms with Crippen molar-refractivity contribution < 1.29 is 4.39 Å². The number of amidine groups is 1. The Morgan fingerprint density at radius 1 is 1.35 bits per heavy atom. The van der Waals surface area contributed by atoms with Crippen LogP contribution in [-0.2, 0) is 5.67 Å². The fraction of sp³-hybridized carbons (Fsp3) is 0.333. The van der Waals surface area contributed by atoms with Crippen LogP contribution in [0.4, 0.5) is 4.39 Å². The van der Waals surface area contributed by atoms with E-state index in [0.717, 1.165) is 17.3 Å². The van der Waals surface area contributed by atoms with Crippen molar-refractivity contribution in [2.24, 2.45) is 21.5 Å². The van der Waals surface area contributed by atoms with Gasteiger partial charge in [0.2, 0.25) is 5.67 Å². The number of benzene rings is 1. The van der Waals surface area contributed by atoms with Gasteiger partial charge in [-0.25, -0.2) is 9.38 Å². The van der Waals surface area contributed by atoms with Crippen LogP contribution in [0.5, 0.6) is 0 Å². The van der Waals surface area contributed by atoms with Crippen LogP contribution in [0, 0.1) is 13.8 Å². The summed E-state index contributed by atoms with van der Waals surface area (Å²) in [5.41, 5.74) is 11.4. The Hall–Kier alpha value is -1.75. The molecule has 4 nitrogen and oxygen atoms in total. The molecule has 0 bridgehead atoms. The number of hydrogen-bond donors (Lipinski definition) is 2. The van der Waals surface area contributed by atoms with E-state index in [1.807, 2.05) is 26.0 Å².